The molecule has 4 aromatic rings. The fourth-order valence-corrected chi connectivity index (χ4v) is 4.32. The first-order valence-electron chi connectivity index (χ1n) is 9.68. The number of aromatic nitrogens is 3. The summed E-state index contributed by atoms with van der Waals surface area (Å²) in [4.78, 5) is 8.98. The molecule has 0 radical (unpaired) electrons. The van der Waals surface area contributed by atoms with Crippen molar-refractivity contribution in [3.05, 3.63) is 78.2 Å². The van der Waals surface area contributed by atoms with E-state index in [1.807, 2.05) is 54.0 Å². The van der Waals surface area contributed by atoms with Crippen LogP contribution < -0.4 is 4.72 Å². The highest BCUT2D eigenvalue weighted by Crippen LogP contribution is 2.28. The van der Waals surface area contributed by atoms with E-state index in [1.165, 1.54) is 0 Å². The third-order valence-electron chi connectivity index (χ3n) is 5.04. The fraction of sp³-hybridized carbons (Fsp3) is 0.217. The molecule has 2 aromatic heterocycles. The number of nitrogens with one attached hydrogen (secondary N) is 1. The number of imidazole rings is 1. The standard InChI is InChI=1S/C23H24N4O2S/c1-16-6-7-17(21-15-27-13-5-12-24-22(27)25-21)14-20(16)26-30(28,29)19-10-8-18(9-11-19)23(2,3)4/h5-15,26H,1-4H3. The number of fused-ring (bicyclic) bond motifs is 1. The lowest BCUT2D eigenvalue weighted by atomic mass is 9.87. The summed E-state index contributed by atoms with van der Waals surface area (Å²) in [6.07, 6.45) is 5.43. The molecule has 0 unspecified atom stereocenters. The lowest BCUT2D eigenvalue weighted by Gasteiger charge is -2.19. The number of sulfonamides is 1. The smallest absolute Gasteiger partial charge is 0.261 e. The third kappa shape index (κ3) is 3.93. The average molecular weight is 421 g/mol. The van der Waals surface area contributed by atoms with Crippen LogP contribution in [0.5, 0.6) is 0 Å². The first kappa shape index (κ1) is 20.1. The van der Waals surface area contributed by atoms with Gasteiger partial charge in [0.1, 0.15) is 0 Å². The number of anilines is 1. The van der Waals surface area contributed by atoms with Crippen molar-refractivity contribution in [2.45, 2.75) is 38.0 Å². The SMILES string of the molecule is Cc1ccc(-c2cn3cccnc3n2)cc1NS(=O)(=O)c1ccc(C(C)(C)C)cc1. The molecule has 0 bridgehead atoms. The maximum Gasteiger partial charge on any atom is 0.261 e. The van der Waals surface area contributed by atoms with Crippen molar-refractivity contribution >= 4 is 21.5 Å². The molecule has 0 saturated heterocycles. The van der Waals surface area contributed by atoms with Gasteiger partial charge in [0.15, 0.2) is 0 Å². The van der Waals surface area contributed by atoms with E-state index >= 15 is 0 Å². The van der Waals surface area contributed by atoms with Crippen LogP contribution in [-0.4, -0.2) is 22.8 Å². The summed E-state index contributed by atoms with van der Waals surface area (Å²) in [5.41, 5.74) is 3.94. The molecule has 0 fully saturated rings. The molecular formula is C23H24N4O2S. The van der Waals surface area contributed by atoms with E-state index in [-0.39, 0.29) is 10.3 Å². The molecule has 7 heteroatoms. The van der Waals surface area contributed by atoms with Crippen molar-refractivity contribution < 1.29 is 8.42 Å². The summed E-state index contributed by atoms with van der Waals surface area (Å²) in [5, 5.41) is 0. The Kier molecular flexibility index (Phi) is 4.86. The predicted molar refractivity (Wildman–Crippen MR) is 119 cm³/mol. The molecule has 4 rings (SSSR count). The third-order valence-corrected chi connectivity index (χ3v) is 6.43. The van der Waals surface area contributed by atoms with Crippen molar-refractivity contribution in [1.29, 1.82) is 0 Å². The summed E-state index contributed by atoms with van der Waals surface area (Å²) < 4.78 is 30.5. The topological polar surface area (TPSA) is 76.4 Å². The predicted octanol–water partition coefficient (Wildman–Crippen LogP) is 4.80. The maximum atomic E-state index is 13.0. The molecule has 2 aromatic carbocycles. The summed E-state index contributed by atoms with van der Waals surface area (Å²) in [5.74, 6) is 0.592. The quantitative estimate of drug-likeness (QED) is 0.514. The number of nitrogens with zero attached hydrogens (tertiary/aromatic N) is 3. The Balaban J connectivity index is 1.66. The molecule has 0 amide bonds. The van der Waals surface area contributed by atoms with Gasteiger partial charge in [0.2, 0.25) is 5.78 Å². The van der Waals surface area contributed by atoms with E-state index in [4.69, 9.17) is 0 Å². The molecular weight excluding hydrogens is 396 g/mol. The summed E-state index contributed by atoms with van der Waals surface area (Å²) in [6, 6.07) is 14.5. The molecule has 0 spiro atoms. The van der Waals surface area contributed by atoms with Gasteiger partial charge < -0.3 is 0 Å². The average Bonchev–Trinajstić information content (AvgIpc) is 3.13. The van der Waals surface area contributed by atoms with Gasteiger partial charge in [-0.2, -0.15) is 0 Å². The lowest BCUT2D eigenvalue weighted by Crippen LogP contribution is -2.15. The summed E-state index contributed by atoms with van der Waals surface area (Å²) >= 11 is 0. The zero-order valence-corrected chi connectivity index (χ0v) is 18.2. The highest BCUT2D eigenvalue weighted by Gasteiger charge is 2.19. The highest BCUT2D eigenvalue weighted by molar-refractivity contribution is 7.92. The van der Waals surface area contributed by atoms with Crippen LogP contribution in [0.25, 0.3) is 17.0 Å². The van der Waals surface area contributed by atoms with Crippen molar-refractivity contribution in [2.24, 2.45) is 0 Å². The van der Waals surface area contributed by atoms with Gasteiger partial charge in [0.25, 0.3) is 10.0 Å². The number of hydrogen-bond acceptors (Lipinski definition) is 4. The van der Waals surface area contributed by atoms with Gasteiger partial charge in [0.05, 0.1) is 16.3 Å². The Hall–Kier alpha value is -3.19. The molecule has 0 aliphatic heterocycles. The van der Waals surface area contributed by atoms with Gasteiger partial charge in [-0.1, -0.05) is 45.0 Å². The summed E-state index contributed by atoms with van der Waals surface area (Å²) in [6.45, 7) is 8.16. The Morgan fingerprint density at radius 2 is 1.77 bits per heavy atom. The van der Waals surface area contributed by atoms with Gasteiger partial charge in [-0.15, -0.1) is 0 Å². The molecule has 6 nitrogen and oxygen atoms in total. The fourth-order valence-electron chi connectivity index (χ4n) is 3.20. The van der Waals surface area contributed by atoms with Crippen LogP contribution in [0.3, 0.4) is 0 Å². The highest BCUT2D eigenvalue weighted by atomic mass is 32.2. The van der Waals surface area contributed by atoms with E-state index in [0.29, 0.717) is 11.5 Å². The minimum Gasteiger partial charge on any atom is -0.291 e. The molecule has 0 aliphatic rings. The molecule has 0 aliphatic carbocycles. The molecule has 30 heavy (non-hydrogen) atoms. The number of rotatable bonds is 4. The van der Waals surface area contributed by atoms with Crippen LogP contribution >= 0.6 is 0 Å². The molecule has 2 heterocycles. The first-order chi connectivity index (χ1) is 14.1. The van der Waals surface area contributed by atoms with E-state index in [2.05, 4.69) is 35.5 Å². The van der Waals surface area contributed by atoms with Gasteiger partial charge >= 0.3 is 0 Å². The Labute approximate surface area is 176 Å². The van der Waals surface area contributed by atoms with E-state index in [9.17, 15) is 8.42 Å². The van der Waals surface area contributed by atoms with Crippen LogP contribution in [0.2, 0.25) is 0 Å². The van der Waals surface area contributed by atoms with Crippen molar-refractivity contribution in [3.8, 4) is 11.3 Å². The van der Waals surface area contributed by atoms with Crippen LogP contribution in [-0.2, 0) is 15.4 Å². The van der Waals surface area contributed by atoms with Crippen LogP contribution in [0.15, 0.2) is 72.0 Å². The van der Waals surface area contributed by atoms with E-state index in [1.54, 1.807) is 24.4 Å². The Morgan fingerprint density at radius 1 is 1.03 bits per heavy atom. The van der Waals surface area contributed by atoms with Crippen LogP contribution in [0, 0.1) is 6.92 Å². The molecule has 1 N–H and O–H groups in total. The first-order valence-corrected chi connectivity index (χ1v) is 11.2. The Bertz CT molecular complexity index is 1280. The second kappa shape index (κ2) is 7.25. The van der Waals surface area contributed by atoms with E-state index in [0.717, 1.165) is 22.4 Å². The minimum atomic E-state index is -3.71. The minimum absolute atomic E-state index is 0.0381. The molecule has 0 saturated carbocycles. The van der Waals surface area contributed by atoms with Gasteiger partial charge in [-0.05, 0) is 47.7 Å². The zero-order valence-electron chi connectivity index (χ0n) is 17.4. The normalized spacial score (nSPS) is 12.3. The molecule has 154 valence electrons. The molecule has 0 atom stereocenters. The largest absolute Gasteiger partial charge is 0.291 e. The lowest BCUT2D eigenvalue weighted by molar-refractivity contribution is 0.587. The zero-order chi connectivity index (χ0) is 21.5. The van der Waals surface area contributed by atoms with Crippen molar-refractivity contribution in [2.75, 3.05) is 4.72 Å². The number of hydrogen-bond donors (Lipinski definition) is 1. The van der Waals surface area contributed by atoms with Gasteiger partial charge in [0, 0.05) is 24.2 Å². The number of aryl methyl sites for hydroxylation is 1. The van der Waals surface area contributed by atoms with Gasteiger partial charge in [-0.3, -0.25) is 9.12 Å². The van der Waals surface area contributed by atoms with E-state index < -0.39 is 10.0 Å². The second-order valence-corrected chi connectivity index (χ2v) is 10.0. The van der Waals surface area contributed by atoms with Gasteiger partial charge in [-0.25, -0.2) is 18.4 Å². The maximum absolute atomic E-state index is 13.0. The van der Waals surface area contributed by atoms with Crippen molar-refractivity contribution in [1.82, 2.24) is 14.4 Å². The Morgan fingerprint density at radius 3 is 2.43 bits per heavy atom. The summed E-state index contributed by atoms with van der Waals surface area (Å²) in [7, 11) is -3.71. The number of benzene rings is 2. The van der Waals surface area contributed by atoms with Crippen LogP contribution in [0.1, 0.15) is 31.9 Å². The second-order valence-electron chi connectivity index (χ2n) is 8.36. The van der Waals surface area contributed by atoms with Crippen LogP contribution in [0.4, 0.5) is 5.69 Å². The van der Waals surface area contributed by atoms with Crippen molar-refractivity contribution in [3.63, 3.8) is 0 Å². The monoisotopic (exact) mass is 420 g/mol.